The summed E-state index contributed by atoms with van der Waals surface area (Å²) in [6.45, 7) is 8.90. The summed E-state index contributed by atoms with van der Waals surface area (Å²) in [5.74, 6) is 0. The number of benzene rings is 1. The monoisotopic (exact) mass is 255 g/mol. The van der Waals surface area contributed by atoms with E-state index in [2.05, 4.69) is 52.0 Å². The van der Waals surface area contributed by atoms with Crippen LogP contribution >= 0.6 is 0 Å². The molecule has 100 valence electrons. The third-order valence-electron chi connectivity index (χ3n) is 3.30. The van der Waals surface area contributed by atoms with E-state index in [4.69, 9.17) is 0 Å². The second-order valence-corrected chi connectivity index (χ2v) is 6.09. The fraction of sp³-hybridized carbons (Fsp3) is 0.353. The molecule has 1 aromatic carbocycles. The molecule has 1 heterocycles. The highest BCUT2D eigenvalue weighted by atomic mass is 16.1. The molecule has 2 heteroatoms. The third kappa shape index (κ3) is 3.14. The van der Waals surface area contributed by atoms with E-state index in [1.807, 2.05) is 18.3 Å². The van der Waals surface area contributed by atoms with Crippen LogP contribution in [-0.2, 0) is 12.0 Å². The molecule has 0 aliphatic carbocycles. The highest BCUT2D eigenvalue weighted by molar-refractivity contribution is 5.23. The van der Waals surface area contributed by atoms with Crippen molar-refractivity contribution in [2.75, 3.05) is 0 Å². The van der Waals surface area contributed by atoms with Crippen LogP contribution in [0, 0.1) is 6.92 Å². The van der Waals surface area contributed by atoms with Crippen LogP contribution in [0.15, 0.2) is 47.4 Å². The SMILES string of the molecule is Cc1ccc(Cn2cccc(C(C)(C)C)c2=O)cc1. The van der Waals surface area contributed by atoms with Crippen LogP contribution in [0.3, 0.4) is 0 Å². The number of aryl methyl sites for hydroxylation is 1. The van der Waals surface area contributed by atoms with Crippen LogP contribution in [0.25, 0.3) is 0 Å². The van der Waals surface area contributed by atoms with Crippen LogP contribution in [0.1, 0.15) is 37.5 Å². The largest absolute Gasteiger partial charge is 0.311 e. The Hall–Kier alpha value is -1.83. The molecule has 2 aromatic rings. The van der Waals surface area contributed by atoms with Gasteiger partial charge in [0, 0.05) is 11.8 Å². The van der Waals surface area contributed by atoms with E-state index in [0.29, 0.717) is 6.54 Å². The molecule has 1 aromatic heterocycles. The molecule has 2 rings (SSSR count). The number of nitrogens with zero attached hydrogens (tertiary/aromatic N) is 1. The van der Waals surface area contributed by atoms with Crippen molar-refractivity contribution in [1.82, 2.24) is 4.57 Å². The number of pyridine rings is 1. The summed E-state index contributed by atoms with van der Waals surface area (Å²) in [6, 6.07) is 12.2. The standard InChI is InChI=1S/C17H21NO/c1-13-7-9-14(10-8-13)12-18-11-5-6-15(16(18)19)17(2,3)4/h5-11H,12H2,1-4H3. The number of hydrogen-bond acceptors (Lipinski definition) is 1. The molecule has 0 bridgehead atoms. The molecule has 0 radical (unpaired) electrons. The van der Waals surface area contributed by atoms with Gasteiger partial charge in [0.15, 0.2) is 0 Å². The minimum Gasteiger partial charge on any atom is -0.311 e. The minimum absolute atomic E-state index is 0.107. The van der Waals surface area contributed by atoms with Gasteiger partial charge in [-0.25, -0.2) is 0 Å². The Morgan fingerprint density at radius 1 is 1.05 bits per heavy atom. The minimum atomic E-state index is -0.118. The summed E-state index contributed by atoms with van der Waals surface area (Å²) in [6.07, 6.45) is 1.86. The van der Waals surface area contributed by atoms with Crippen LogP contribution < -0.4 is 5.56 Å². The van der Waals surface area contributed by atoms with Crippen LogP contribution in [0.4, 0.5) is 0 Å². The summed E-state index contributed by atoms with van der Waals surface area (Å²) in [5.41, 5.74) is 3.24. The van der Waals surface area contributed by atoms with Gasteiger partial charge in [0.1, 0.15) is 0 Å². The van der Waals surface area contributed by atoms with Gasteiger partial charge in [0.2, 0.25) is 0 Å². The second-order valence-electron chi connectivity index (χ2n) is 6.09. The van der Waals surface area contributed by atoms with Crippen molar-refractivity contribution in [1.29, 1.82) is 0 Å². The predicted molar refractivity (Wildman–Crippen MR) is 79.7 cm³/mol. The Balaban J connectivity index is 2.37. The fourth-order valence-electron chi connectivity index (χ4n) is 2.12. The molecule has 0 unspecified atom stereocenters. The van der Waals surface area contributed by atoms with E-state index in [1.165, 1.54) is 5.56 Å². The number of rotatable bonds is 2. The van der Waals surface area contributed by atoms with E-state index in [1.54, 1.807) is 4.57 Å². The molecular formula is C17H21NO. The van der Waals surface area contributed by atoms with E-state index in [0.717, 1.165) is 11.1 Å². The Bertz CT molecular complexity index is 615. The molecular weight excluding hydrogens is 234 g/mol. The lowest BCUT2D eigenvalue weighted by atomic mass is 9.88. The van der Waals surface area contributed by atoms with Gasteiger partial charge >= 0.3 is 0 Å². The lowest BCUT2D eigenvalue weighted by Gasteiger charge is -2.19. The average Bonchev–Trinajstić information content (AvgIpc) is 2.33. The lowest BCUT2D eigenvalue weighted by molar-refractivity contribution is 0.568. The zero-order chi connectivity index (χ0) is 14.0. The molecule has 0 amide bonds. The number of hydrogen-bond donors (Lipinski definition) is 0. The Morgan fingerprint density at radius 3 is 2.26 bits per heavy atom. The molecule has 0 saturated carbocycles. The van der Waals surface area contributed by atoms with Gasteiger partial charge in [0.25, 0.3) is 5.56 Å². The second kappa shape index (κ2) is 5.04. The first-order valence-electron chi connectivity index (χ1n) is 6.63. The first-order valence-corrected chi connectivity index (χ1v) is 6.63. The van der Waals surface area contributed by atoms with Crippen LogP contribution in [0.2, 0.25) is 0 Å². The van der Waals surface area contributed by atoms with Crippen molar-refractivity contribution in [2.24, 2.45) is 0 Å². The molecule has 0 spiro atoms. The van der Waals surface area contributed by atoms with Gasteiger partial charge in [-0.1, -0.05) is 56.7 Å². The first-order chi connectivity index (χ1) is 8.88. The highest BCUT2D eigenvalue weighted by Crippen LogP contribution is 2.18. The van der Waals surface area contributed by atoms with E-state index in [9.17, 15) is 4.79 Å². The van der Waals surface area contributed by atoms with Crippen molar-refractivity contribution in [3.63, 3.8) is 0 Å². The van der Waals surface area contributed by atoms with E-state index >= 15 is 0 Å². The van der Waals surface area contributed by atoms with Crippen molar-refractivity contribution >= 4 is 0 Å². The van der Waals surface area contributed by atoms with Gasteiger partial charge in [0.05, 0.1) is 6.54 Å². The molecule has 0 fully saturated rings. The third-order valence-corrected chi connectivity index (χ3v) is 3.30. The van der Waals surface area contributed by atoms with Crippen molar-refractivity contribution in [2.45, 2.75) is 39.7 Å². The first kappa shape index (κ1) is 13.6. The Labute approximate surface area is 114 Å². The topological polar surface area (TPSA) is 22.0 Å². The Kier molecular flexibility index (Phi) is 3.61. The maximum Gasteiger partial charge on any atom is 0.254 e. The van der Waals surface area contributed by atoms with E-state index in [-0.39, 0.29) is 11.0 Å². The van der Waals surface area contributed by atoms with Gasteiger partial charge in [-0.3, -0.25) is 4.79 Å². The summed E-state index contributed by atoms with van der Waals surface area (Å²) < 4.78 is 1.78. The molecule has 0 aliphatic heterocycles. The zero-order valence-corrected chi connectivity index (χ0v) is 12.1. The maximum atomic E-state index is 12.4. The van der Waals surface area contributed by atoms with E-state index < -0.39 is 0 Å². The van der Waals surface area contributed by atoms with Gasteiger partial charge in [-0.05, 0) is 24.0 Å². The number of aromatic nitrogens is 1. The fourth-order valence-corrected chi connectivity index (χ4v) is 2.12. The summed E-state index contributed by atoms with van der Waals surface area (Å²) in [4.78, 5) is 12.4. The molecule has 0 saturated heterocycles. The van der Waals surface area contributed by atoms with Gasteiger partial charge in [-0.15, -0.1) is 0 Å². The van der Waals surface area contributed by atoms with Gasteiger partial charge < -0.3 is 4.57 Å². The normalized spacial score (nSPS) is 11.6. The summed E-state index contributed by atoms with van der Waals surface area (Å²) in [5, 5.41) is 0. The van der Waals surface area contributed by atoms with Gasteiger partial charge in [-0.2, -0.15) is 0 Å². The van der Waals surface area contributed by atoms with Crippen molar-refractivity contribution in [3.8, 4) is 0 Å². The summed E-state index contributed by atoms with van der Waals surface area (Å²) in [7, 11) is 0. The summed E-state index contributed by atoms with van der Waals surface area (Å²) >= 11 is 0. The molecule has 0 aliphatic rings. The molecule has 2 nitrogen and oxygen atoms in total. The molecule has 0 atom stereocenters. The van der Waals surface area contributed by atoms with Crippen molar-refractivity contribution in [3.05, 3.63) is 69.6 Å². The Morgan fingerprint density at radius 2 is 1.68 bits per heavy atom. The van der Waals surface area contributed by atoms with Crippen LogP contribution in [0.5, 0.6) is 0 Å². The maximum absolute atomic E-state index is 12.4. The lowest BCUT2D eigenvalue weighted by Crippen LogP contribution is -2.30. The predicted octanol–water partition coefficient (Wildman–Crippen LogP) is 3.50. The quantitative estimate of drug-likeness (QED) is 0.805. The van der Waals surface area contributed by atoms with Crippen LogP contribution in [-0.4, -0.2) is 4.57 Å². The molecule has 19 heavy (non-hydrogen) atoms. The smallest absolute Gasteiger partial charge is 0.254 e. The zero-order valence-electron chi connectivity index (χ0n) is 12.1. The average molecular weight is 255 g/mol. The molecule has 0 N–H and O–H groups in total. The highest BCUT2D eigenvalue weighted by Gasteiger charge is 2.18. The van der Waals surface area contributed by atoms with Crippen molar-refractivity contribution < 1.29 is 0 Å².